The predicted octanol–water partition coefficient (Wildman–Crippen LogP) is 5.33. The Bertz CT molecular complexity index is 1290. The van der Waals surface area contributed by atoms with E-state index < -0.39 is 6.10 Å². The van der Waals surface area contributed by atoms with E-state index in [1.165, 1.54) is 10.8 Å². The van der Waals surface area contributed by atoms with Crippen molar-refractivity contribution in [1.29, 1.82) is 0 Å². The monoisotopic (exact) mass is 382 g/mol. The molecule has 0 saturated heterocycles. The molecule has 1 atom stereocenters. The van der Waals surface area contributed by atoms with Crippen LogP contribution in [-0.2, 0) is 0 Å². The van der Waals surface area contributed by atoms with Gasteiger partial charge in [0.2, 0.25) is 0 Å². The molecular weight excluding hydrogens is 360 g/mol. The minimum absolute atomic E-state index is 0.221. The Balaban J connectivity index is 1.27. The van der Waals surface area contributed by atoms with Crippen LogP contribution < -0.4 is 10.1 Å². The first kappa shape index (κ1) is 17.6. The molecule has 0 radical (unpaired) electrons. The zero-order valence-corrected chi connectivity index (χ0v) is 15.9. The summed E-state index contributed by atoms with van der Waals surface area (Å²) in [5, 5.41) is 18.3. The summed E-state index contributed by atoms with van der Waals surface area (Å²) in [7, 11) is 0. The van der Waals surface area contributed by atoms with Gasteiger partial charge in [-0.15, -0.1) is 0 Å². The van der Waals surface area contributed by atoms with E-state index in [4.69, 9.17) is 4.74 Å². The Morgan fingerprint density at radius 2 is 1.62 bits per heavy atom. The molecule has 1 unspecified atom stereocenters. The lowest BCUT2D eigenvalue weighted by Gasteiger charge is -2.15. The van der Waals surface area contributed by atoms with E-state index in [-0.39, 0.29) is 6.61 Å². The van der Waals surface area contributed by atoms with E-state index in [9.17, 15) is 5.11 Å². The summed E-state index contributed by atoms with van der Waals surface area (Å²) < 4.78 is 6.00. The van der Waals surface area contributed by atoms with Gasteiger partial charge in [-0.3, -0.25) is 0 Å². The van der Waals surface area contributed by atoms with Gasteiger partial charge >= 0.3 is 0 Å². The highest BCUT2D eigenvalue weighted by Crippen LogP contribution is 2.33. The van der Waals surface area contributed by atoms with E-state index in [0.29, 0.717) is 6.54 Å². The summed E-state index contributed by atoms with van der Waals surface area (Å²) in [5.41, 5.74) is 3.10. The molecule has 0 amide bonds. The third-order valence-electron chi connectivity index (χ3n) is 5.21. The van der Waals surface area contributed by atoms with Gasteiger partial charge in [0, 0.05) is 28.5 Å². The molecule has 0 saturated carbocycles. The zero-order valence-electron chi connectivity index (χ0n) is 15.9. The van der Waals surface area contributed by atoms with Crippen LogP contribution in [0.5, 0.6) is 5.75 Å². The van der Waals surface area contributed by atoms with Crippen LogP contribution in [0.25, 0.3) is 32.6 Å². The van der Waals surface area contributed by atoms with Crippen molar-refractivity contribution in [1.82, 2.24) is 4.98 Å². The van der Waals surface area contributed by atoms with E-state index in [2.05, 4.69) is 46.7 Å². The fourth-order valence-corrected chi connectivity index (χ4v) is 3.77. The molecule has 29 heavy (non-hydrogen) atoms. The molecule has 0 aliphatic heterocycles. The average molecular weight is 382 g/mol. The van der Waals surface area contributed by atoms with Gasteiger partial charge in [0.15, 0.2) is 0 Å². The van der Waals surface area contributed by atoms with Crippen molar-refractivity contribution < 1.29 is 9.84 Å². The number of hydrogen-bond donors (Lipinski definition) is 3. The standard InChI is InChI=1S/C25H22N2O2/c28-20(15-26-19-13-12-17-6-1-2-7-18(17)14-19)16-29-24-11-5-10-23-25(24)21-8-3-4-9-22(21)27-23/h1-14,20,26-28H,15-16H2. The Kier molecular flexibility index (Phi) is 4.54. The second kappa shape index (κ2) is 7.49. The van der Waals surface area contributed by atoms with Gasteiger partial charge in [-0.05, 0) is 41.1 Å². The number of ether oxygens (including phenoxy) is 1. The first-order chi connectivity index (χ1) is 14.3. The van der Waals surface area contributed by atoms with E-state index in [1.807, 2.05) is 48.5 Å². The Hall–Kier alpha value is -3.50. The van der Waals surface area contributed by atoms with Crippen LogP contribution in [0, 0.1) is 0 Å². The van der Waals surface area contributed by atoms with Gasteiger partial charge in [-0.1, -0.05) is 54.6 Å². The molecule has 5 aromatic rings. The molecule has 4 aromatic carbocycles. The van der Waals surface area contributed by atoms with Crippen molar-refractivity contribution in [3.05, 3.63) is 84.9 Å². The van der Waals surface area contributed by atoms with Gasteiger partial charge < -0.3 is 20.1 Å². The van der Waals surface area contributed by atoms with Gasteiger partial charge in [-0.25, -0.2) is 0 Å². The molecular formula is C25H22N2O2. The van der Waals surface area contributed by atoms with E-state index in [0.717, 1.165) is 33.2 Å². The summed E-state index contributed by atoms with van der Waals surface area (Å²) >= 11 is 0. The lowest BCUT2D eigenvalue weighted by molar-refractivity contribution is 0.118. The second-order valence-corrected chi connectivity index (χ2v) is 7.26. The largest absolute Gasteiger partial charge is 0.490 e. The van der Waals surface area contributed by atoms with Crippen LogP contribution in [0.2, 0.25) is 0 Å². The van der Waals surface area contributed by atoms with Crippen molar-refractivity contribution >= 4 is 38.3 Å². The lowest BCUT2D eigenvalue weighted by atomic mass is 10.1. The van der Waals surface area contributed by atoms with E-state index in [1.54, 1.807) is 0 Å². The number of aliphatic hydroxyl groups is 1. The number of nitrogens with one attached hydrogen (secondary N) is 2. The number of para-hydroxylation sites is 1. The quantitative estimate of drug-likeness (QED) is 0.372. The minimum atomic E-state index is -0.623. The van der Waals surface area contributed by atoms with Crippen LogP contribution in [0.4, 0.5) is 5.69 Å². The fraction of sp³-hybridized carbons (Fsp3) is 0.120. The van der Waals surface area contributed by atoms with Crippen molar-refractivity contribution in [3.8, 4) is 5.75 Å². The summed E-state index contributed by atoms with van der Waals surface area (Å²) in [5.74, 6) is 0.782. The number of hydrogen-bond acceptors (Lipinski definition) is 3. The molecule has 4 heteroatoms. The fourth-order valence-electron chi connectivity index (χ4n) is 3.77. The van der Waals surface area contributed by atoms with Crippen molar-refractivity contribution in [2.24, 2.45) is 0 Å². The zero-order chi connectivity index (χ0) is 19.6. The predicted molar refractivity (Wildman–Crippen MR) is 120 cm³/mol. The summed E-state index contributed by atoms with van der Waals surface area (Å²) in [6.07, 6.45) is -0.623. The molecule has 0 spiro atoms. The smallest absolute Gasteiger partial charge is 0.129 e. The summed E-state index contributed by atoms with van der Waals surface area (Å²) in [4.78, 5) is 3.41. The first-order valence-electron chi connectivity index (χ1n) is 9.81. The van der Waals surface area contributed by atoms with Crippen molar-refractivity contribution in [3.63, 3.8) is 0 Å². The molecule has 3 N–H and O–H groups in total. The topological polar surface area (TPSA) is 57.3 Å². The van der Waals surface area contributed by atoms with Gasteiger partial charge in [0.05, 0.1) is 5.52 Å². The molecule has 4 nitrogen and oxygen atoms in total. The van der Waals surface area contributed by atoms with Crippen LogP contribution in [0.3, 0.4) is 0 Å². The number of aromatic nitrogens is 1. The van der Waals surface area contributed by atoms with Crippen LogP contribution >= 0.6 is 0 Å². The van der Waals surface area contributed by atoms with Gasteiger partial charge in [0.25, 0.3) is 0 Å². The summed E-state index contributed by atoms with van der Waals surface area (Å²) in [6.45, 7) is 0.640. The maximum absolute atomic E-state index is 10.4. The third-order valence-corrected chi connectivity index (χ3v) is 5.21. The second-order valence-electron chi connectivity index (χ2n) is 7.26. The van der Waals surface area contributed by atoms with Crippen molar-refractivity contribution in [2.45, 2.75) is 6.10 Å². The Morgan fingerprint density at radius 3 is 2.55 bits per heavy atom. The SMILES string of the molecule is OC(CNc1ccc2ccccc2c1)COc1cccc2[nH]c3ccccc3c12. The summed E-state index contributed by atoms with van der Waals surface area (Å²) in [6, 6.07) is 28.6. The normalized spacial score (nSPS) is 12.4. The molecule has 144 valence electrons. The highest BCUT2D eigenvalue weighted by Gasteiger charge is 2.11. The van der Waals surface area contributed by atoms with Gasteiger partial charge in [-0.2, -0.15) is 0 Å². The number of rotatable bonds is 6. The average Bonchev–Trinajstić information content (AvgIpc) is 3.15. The minimum Gasteiger partial charge on any atom is -0.490 e. The maximum atomic E-state index is 10.4. The Morgan fingerprint density at radius 1 is 0.828 bits per heavy atom. The van der Waals surface area contributed by atoms with E-state index >= 15 is 0 Å². The molecule has 0 fully saturated rings. The number of fused-ring (bicyclic) bond motifs is 4. The maximum Gasteiger partial charge on any atom is 0.129 e. The van der Waals surface area contributed by atoms with Crippen LogP contribution in [0.15, 0.2) is 84.9 Å². The van der Waals surface area contributed by atoms with Gasteiger partial charge in [0.1, 0.15) is 18.5 Å². The number of H-pyrrole nitrogens is 1. The van der Waals surface area contributed by atoms with Crippen LogP contribution in [-0.4, -0.2) is 29.3 Å². The third kappa shape index (κ3) is 3.50. The number of anilines is 1. The highest BCUT2D eigenvalue weighted by molar-refractivity contribution is 6.10. The number of benzene rings is 4. The van der Waals surface area contributed by atoms with Crippen molar-refractivity contribution in [2.75, 3.05) is 18.5 Å². The number of aromatic amines is 1. The molecule has 0 aliphatic rings. The molecule has 5 rings (SSSR count). The molecule has 1 heterocycles. The highest BCUT2D eigenvalue weighted by atomic mass is 16.5. The van der Waals surface area contributed by atoms with Crippen LogP contribution in [0.1, 0.15) is 0 Å². The molecule has 0 bridgehead atoms. The Labute approximate surface area is 168 Å². The molecule has 0 aliphatic carbocycles. The first-order valence-corrected chi connectivity index (χ1v) is 9.81. The molecule has 1 aromatic heterocycles. The lowest BCUT2D eigenvalue weighted by Crippen LogP contribution is -2.26. The number of aliphatic hydroxyl groups excluding tert-OH is 1.